The molecule has 0 bridgehead atoms. The van der Waals surface area contributed by atoms with Crippen LogP contribution in [0.4, 0.5) is 5.69 Å². The molecule has 0 fully saturated rings. The van der Waals surface area contributed by atoms with Crippen LogP contribution in [0, 0.1) is 0 Å². The summed E-state index contributed by atoms with van der Waals surface area (Å²) in [7, 11) is 0. The average molecular weight is 379 g/mol. The van der Waals surface area contributed by atoms with E-state index in [1.165, 1.54) is 11.8 Å². The first kappa shape index (κ1) is 16.6. The number of primary amides is 1. The third-order valence-electron chi connectivity index (χ3n) is 2.95. The third kappa shape index (κ3) is 4.35. The van der Waals surface area contributed by atoms with Gasteiger partial charge < -0.3 is 11.1 Å². The molecule has 0 aliphatic carbocycles. The van der Waals surface area contributed by atoms with Crippen molar-refractivity contribution >= 4 is 45.2 Å². The minimum Gasteiger partial charge on any atom is -0.366 e. The molecular formula is C16H15BrN2O2S. The largest absolute Gasteiger partial charge is 0.366 e. The van der Waals surface area contributed by atoms with Crippen molar-refractivity contribution in [3.8, 4) is 0 Å². The molecule has 22 heavy (non-hydrogen) atoms. The molecule has 0 aliphatic heterocycles. The number of anilines is 1. The maximum absolute atomic E-state index is 12.2. The molecule has 1 atom stereocenters. The van der Waals surface area contributed by atoms with Crippen molar-refractivity contribution in [2.75, 3.05) is 5.32 Å². The molecule has 2 rings (SSSR count). The van der Waals surface area contributed by atoms with E-state index in [-0.39, 0.29) is 11.2 Å². The smallest absolute Gasteiger partial charge is 0.248 e. The number of benzene rings is 2. The summed E-state index contributed by atoms with van der Waals surface area (Å²) >= 11 is 4.94. The first-order valence-electron chi connectivity index (χ1n) is 6.59. The quantitative estimate of drug-likeness (QED) is 0.779. The van der Waals surface area contributed by atoms with Gasteiger partial charge in [-0.15, -0.1) is 11.8 Å². The molecule has 6 heteroatoms. The number of nitrogens with one attached hydrogen (secondary N) is 1. The van der Waals surface area contributed by atoms with Gasteiger partial charge in [0, 0.05) is 20.6 Å². The van der Waals surface area contributed by atoms with Crippen LogP contribution in [-0.2, 0) is 4.79 Å². The normalized spacial score (nSPS) is 11.7. The Labute approximate surface area is 141 Å². The van der Waals surface area contributed by atoms with E-state index in [4.69, 9.17) is 5.73 Å². The molecule has 4 nitrogen and oxygen atoms in total. The van der Waals surface area contributed by atoms with Crippen LogP contribution in [0.5, 0.6) is 0 Å². The van der Waals surface area contributed by atoms with Crippen molar-refractivity contribution in [2.24, 2.45) is 5.73 Å². The second-order valence-electron chi connectivity index (χ2n) is 4.62. The predicted octanol–water partition coefficient (Wildman–Crippen LogP) is 3.67. The summed E-state index contributed by atoms with van der Waals surface area (Å²) in [5.74, 6) is -0.594. The van der Waals surface area contributed by atoms with Gasteiger partial charge >= 0.3 is 0 Å². The highest BCUT2D eigenvalue weighted by Gasteiger charge is 2.15. The molecule has 0 spiro atoms. The molecule has 2 aromatic rings. The maximum atomic E-state index is 12.2. The lowest BCUT2D eigenvalue weighted by molar-refractivity contribution is -0.115. The highest BCUT2D eigenvalue weighted by Crippen LogP contribution is 2.30. The first-order chi connectivity index (χ1) is 10.5. The number of thioether (sulfide) groups is 1. The van der Waals surface area contributed by atoms with Crippen molar-refractivity contribution < 1.29 is 9.59 Å². The van der Waals surface area contributed by atoms with Gasteiger partial charge in [-0.1, -0.05) is 12.1 Å². The predicted molar refractivity (Wildman–Crippen MR) is 93.1 cm³/mol. The zero-order valence-corrected chi connectivity index (χ0v) is 14.3. The van der Waals surface area contributed by atoms with Crippen molar-refractivity contribution in [2.45, 2.75) is 17.1 Å². The molecule has 2 amide bonds. The zero-order valence-electron chi connectivity index (χ0n) is 11.9. The molecule has 0 saturated carbocycles. The molecule has 0 aliphatic rings. The molecule has 1 unspecified atom stereocenters. The van der Waals surface area contributed by atoms with Gasteiger partial charge in [0.2, 0.25) is 11.8 Å². The number of halogens is 1. The van der Waals surface area contributed by atoms with E-state index < -0.39 is 5.91 Å². The third-order valence-corrected chi connectivity index (χ3v) is 5.08. The standard InChI is InChI=1S/C16H15BrN2O2S/c1-10(22-14-5-3-2-4-13(14)17)16(21)19-12-8-6-11(7-9-12)15(18)20/h2-10H,1H3,(H2,18,20)(H,19,21). The van der Waals surface area contributed by atoms with Gasteiger partial charge in [0.25, 0.3) is 0 Å². The van der Waals surface area contributed by atoms with Gasteiger partial charge in [-0.25, -0.2) is 0 Å². The maximum Gasteiger partial charge on any atom is 0.248 e. The lowest BCUT2D eigenvalue weighted by atomic mass is 10.2. The molecule has 114 valence electrons. The number of hydrogen-bond acceptors (Lipinski definition) is 3. The van der Waals surface area contributed by atoms with Gasteiger partial charge in [-0.05, 0) is 59.3 Å². The monoisotopic (exact) mass is 378 g/mol. The van der Waals surface area contributed by atoms with E-state index in [1.54, 1.807) is 24.3 Å². The van der Waals surface area contributed by atoms with Crippen molar-refractivity contribution in [1.82, 2.24) is 0 Å². The summed E-state index contributed by atoms with van der Waals surface area (Å²) in [6.07, 6.45) is 0. The fourth-order valence-electron chi connectivity index (χ4n) is 1.75. The zero-order chi connectivity index (χ0) is 16.1. The SMILES string of the molecule is CC(Sc1ccccc1Br)C(=O)Nc1ccc(C(N)=O)cc1. The van der Waals surface area contributed by atoms with Crippen molar-refractivity contribution in [1.29, 1.82) is 0 Å². The van der Waals surface area contributed by atoms with Gasteiger partial charge in [0.15, 0.2) is 0 Å². The van der Waals surface area contributed by atoms with E-state index >= 15 is 0 Å². The lowest BCUT2D eigenvalue weighted by Crippen LogP contribution is -2.22. The Bertz CT molecular complexity index is 689. The fraction of sp³-hybridized carbons (Fsp3) is 0.125. The van der Waals surface area contributed by atoms with Crippen LogP contribution in [0.2, 0.25) is 0 Å². The van der Waals surface area contributed by atoms with Crippen LogP contribution < -0.4 is 11.1 Å². The van der Waals surface area contributed by atoms with Gasteiger partial charge in [-0.2, -0.15) is 0 Å². The number of amides is 2. The Balaban J connectivity index is 1.99. The molecule has 3 N–H and O–H groups in total. The highest BCUT2D eigenvalue weighted by molar-refractivity contribution is 9.10. The summed E-state index contributed by atoms with van der Waals surface area (Å²) in [4.78, 5) is 24.2. The second kappa shape index (κ2) is 7.47. The molecule has 0 aromatic heterocycles. The highest BCUT2D eigenvalue weighted by atomic mass is 79.9. The molecule has 0 saturated heterocycles. The number of carbonyl (C=O) groups excluding carboxylic acids is 2. The molecule has 0 heterocycles. The fourth-order valence-corrected chi connectivity index (χ4v) is 3.20. The number of nitrogens with two attached hydrogens (primary N) is 1. The Hall–Kier alpha value is -1.79. The van der Waals surface area contributed by atoms with Crippen LogP contribution >= 0.6 is 27.7 Å². The van der Waals surface area contributed by atoms with Gasteiger partial charge in [0.05, 0.1) is 5.25 Å². The first-order valence-corrected chi connectivity index (χ1v) is 8.26. The van der Waals surface area contributed by atoms with Crippen LogP contribution in [0.1, 0.15) is 17.3 Å². The molecular weight excluding hydrogens is 364 g/mol. The Morgan fingerprint density at radius 3 is 2.36 bits per heavy atom. The van der Waals surface area contributed by atoms with Crippen LogP contribution in [-0.4, -0.2) is 17.1 Å². The number of rotatable bonds is 5. The summed E-state index contributed by atoms with van der Waals surface area (Å²) in [5.41, 5.74) is 6.22. The lowest BCUT2D eigenvalue weighted by Gasteiger charge is -2.13. The Morgan fingerprint density at radius 1 is 1.14 bits per heavy atom. The number of carbonyl (C=O) groups is 2. The van der Waals surface area contributed by atoms with Crippen LogP contribution in [0.3, 0.4) is 0 Å². The van der Waals surface area contributed by atoms with Gasteiger partial charge in [-0.3, -0.25) is 9.59 Å². The Kier molecular flexibility index (Phi) is 5.63. The van der Waals surface area contributed by atoms with E-state index in [2.05, 4.69) is 21.2 Å². The van der Waals surface area contributed by atoms with Crippen molar-refractivity contribution in [3.63, 3.8) is 0 Å². The Morgan fingerprint density at radius 2 is 1.77 bits per heavy atom. The minimum atomic E-state index is -0.490. The summed E-state index contributed by atoms with van der Waals surface area (Å²) < 4.78 is 0.963. The topological polar surface area (TPSA) is 72.2 Å². The molecule has 0 radical (unpaired) electrons. The molecule has 2 aromatic carbocycles. The summed E-state index contributed by atoms with van der Waals surface area (Å²) in [5, 5.41) is 2.57. The minimum absolute atomic E-state index is 0.104. The summed E-state index contributed by atoms with van der Waals surface area (Å²) in [6, 6.07) is 14.3. The van der Waals surface area contributed by atoms with E-state index in [0.717, 1.165) is 9.37 Å². The van der Waals surface area contributed by atoms with Crippen molar-refractivity contribution in [3.05, 3.63) is 58.6 Å². The average Bonchev–Trinajstić information content (AvgIpc) is 2.50. The van der Waals surface area contributed by atoms with E-state index in [0.29, 0.717) is 11.3 Å². The van der Waals surface area contributed by atoms with Crippen LogP contribution in [0.15, 0.2) is 57.9 Å². The van der Waals surface area contributed by atoms with E-state index in [1.807, 2.05) is 31.2 Å². The number of hydrogen-bond donors (Lipinski definition) is 2. The second-order valence-corrected chi connectivity index (χ2v) is 6.86. The van der Waals surface area contributed by atoms with Gasteiger partial charge in [0.1, 0.15) is 0 Å². The van der Waals surface area contributed by atoms with Crippen LogP contribution in [0.25, 0.3) is 0 Å². The summed E-state index contributed by atoms with van der Waals surface area (Å²) in [6.45, 7) is 1.84. The van der Waals surface area contributed by atoms with E-state index in [9.17, 15) is 9.59 Å².